The van der Waals surface area contributed by atoms with Crippen LogP contribution in [0.25, 0.3) is 0 Å². The van der Waals surface area contributed by atoms with Crippen LogP contribution in [0.1, 0.15) is 5.69 Å². The lowest BCUT2D eigenvalue weighted by Gasteiger charge is -1.87. The van der Waals surface area contributed by atoms with Crippen LogP contribution in [0.3, 0.4) is 0 Å². The molecule has 50 valence electrons. The predicted molar refractivity (Wildman–Crippen MR) is 36.5 cm³/mol. The van der Waals surface area contributed by atoms with Gasteiger partial charge < -0.3 is 0 Å². The Hall–Kier alpha value is -0.640. The molecule has 3 nitrogen and oxygen atoms in total. The van der Waals surface area contributed by atoms with Crippen LogP contribution in [0.2, 0.25) is 0 Å². The first-order valence-electron chi connectivity index (χ1n) is 2.75. The zero-order valence-electron chi connectivity index (χ0n) is 5.80. The molecule has 0 saturated carbocycles. The Morgan fingerprint density at radius 2 is 2.22 bits per heavy atom. The van der Waals surface area contributed by atoms with Crippen molar-refractivity contribution in [3.63, 3.8) is 0 Å². The second kappa shape index (κ2) is 1.95. The predicted octanol–water partition coefficient (Wildman–Crippen LogP) is 0.216. The van der Waals surface area contributed by atoms with Gasteiger partial charge in [0.2, 0.25) is 0 Å². The highest BCUT2D eigenvalue weighted by atomic mass is 32.1. The van der Waals surface area contributed by atoms with Gasteiger partial charge in [-0.15, -0.1) is 0 Å². The fourth-order valence-electron chi connectivity index (χ4n) is 0.675. The quantitative estimate of drug-likeness (QED) is 0.409. The zero-order valence-corrected chi connectivity index (χ0v) is 6.62. The second-order valence-electron chi connectivity index (χ2n) is 2.07. The molecule has 1 aromatic rings. The minimum atomic E-state index is 0.806. The Balaban J connectivity index is 3.47. The molecule has 0 aliphatic heterocycles. The summed E-state index contributed by atoms with van der Waals surface area (Å²) >= 11 is 4.96. The average Bonchev–Trinajstić information content (AvgIpc) is 1.98. The number of H-pyrrole nitrogens is 1. The van der Waals surface area contributed by atoms with E-state index in [4.69, 9.17) is 12.2 Å². The molecular weight excluding hydrogens is 134 g/mol. The summed E-state index contributed by atoms with van der Waals surface area (Å²) in [6, 6.07) is 0. The third kappa shape index (κ3) is 0.896. The number of hydrogen-bond acceptors (Lipinski definition) is 1. The third-order valence-electron chi connectivity index (χ3n) is 1.53. The lowest BCUT2D eigenvalue weighted by molar-refractivity contribution is -0.760. The van der Waals surface area contributed by atoms with Gasteiger partial charge in [0, 0.05) is 6.92 Å². The molecule has 0 atom stereocenters. The van der Waals surface area contributed by atoms with Crippen LogP contribution in [0, 0.1) is 11.6 Å². The molecule has 1 rings (SSSR count). The Morgan fingerprint density at radius 1 is 1.67 bits per heavy atom. The molecule has 1 N–H and O–H groups in total. The van der Waals surface area contributed by atoms with E-state index in [-0.39, 0.29) is 0 Å². The molecule has 0 unspecified atom stereocenters. The number of hydrogen-bond donors (Lipinski definition) is 1. The number of aryl methyl sites for hydroxylation is 1. The summed E-state index contributed by atoms with van der Waals surface area (Å²) in [4.78, 5) is 1.84. The summed E-state index contributed by atoms with van der Waals surface area (Å²) in [6.07, 6.45) is 0. The molecule has 0 radical (unpaired) electrons. The zero-order chi connectivity index (χ0) is 7.02. The van der Waals surface area contributed by atoms with Crippen molar-refractivity contribution in [3.05, 3.63) is 10.3 Å². The molecule has 0 aromatic carbocycles. The van der Waals surface area contributed by atoms with Gasteiger partial charge in [-0.2, -0.15) is 9.78 Å². The molecule has 0 fully saturated rings. The van der Waals surface area contributed by atoms with Gasteiger partial charge in [-0.25, -0.2) is 0 Å². The van der Waals surface area contributed by atoms with Gasteiger partial charge in [0.25, 0.3) is 4.64 Å². The summed E-state index contributed by atoms with van der Waals surface area (Å²) in [6.45, 7) is 1.98. The van der Waals surface area contributed by atoms with E-state index in [1.807, 2.05) is 30.5 Å². The number of rotatable bonds is 0. The molecule has 1 heterocycles. The summed E-state index contributed by atoms with van der Waals surface area (Å²) in [7, 11) is 3.88. The maximum absolute atomic E-state index is 4.96. The van der Waals surface area contributed by atoms with Crippen LogP contribution in [-0.4, -0.2) is 9.90 Å². The number of aromatic nitrogens is 3. The Bertz CT molecular complexity index is 270. The van der Waals surface area contributed by atoms with Gasteiger partial charge in [-0.05, 0) is 12.2 Å². The fourth-order valence-corrected chi connectivity index (χ4v) is 0.939. The van der Waals surface area contributed by atoms with Crippen LogP contribution in [0.4, 0.5) is 0 Å². The summed E-state index contributed by atoms with van der Waals surface area (Å²) in [5.41, 5.74) is 1.09. The van der Waals surface area contributed by atoms with Crippen molar-refractivity contribution in [3.8, 4) is 0 Å². The van der Waals surface area contributed by atoms with Crippen molar-refractivity contribution in [2.75, 3.05) is 0 Å². The largest absolute Gasteiger partial charge is 0.252 e. The number of aromatic amines is 1. The highest BCUT2D eigenvalue weighted by Crippen LogP contribution is 1.86. The van der Waals surface area contributed by atoms with Crippen LogP contribution in [0.5, 0.6) is 0 Å². The standard InChI is InChI=1S/C5H9N3S/c1-4-5(9)6-8(3)7(4)2/h1-3H3/p+1. The highest BCUT2D eigenvalue weighted by molar-refractivity contribution is 7.71. The van der Waals surface area contributed by atoms with Crippen LogP contribution in [0.15, 0.2) is 0 Å². The normalized spacial score (nSPS) is 10.1. The summed E-state index contributed by atoms with van der Waals surface area (Å²) < 4.78 is 2.77. The van der Waals surface area contributed by atoms with E-state index in [2.05, 4.69) is 5.10 Å². The maximum Gasteiger partial charge on any atom is 0.252 e. The first-order chi connectivity index (χ1) is 4.13. The molecule has 0 aliphatic rings. The molecule has 4 heteroatoms. The van der Waals surface area contributed by atoms with E-state index in [1.54, 1.807) is 0 Å². The highest BCUT2D eigenvalue weighted by Gasteiger charge is 2.04. The van der Waals surface area contributed by atoms with Crippen molar-refractivity contribution >= 4 is 12.2 Å². The monoisotopic (exact) mass is 144 g/mol. The minimum Gasteiger partial charge on any atom is -0.163 e. The molecule has 1 aromatic heterocycles. The van der Waals surface area contributed by atoms with Gasteiger partial charge in [0.1, 0.15) is 7.05 Å². The van der Waals surface area contributed by atoms with E-state index in [9.17, 15) is 0 Å². The smallest absolute Gasteiger partial charge is 0.163 e. The van der Waals surface area contributed by atoms with E-state index < -0.39 is 0 Å². The van der Waals surface area contributed by atoms with Gasteiger partial charge in [0.15, 0.2) is 5.69 Å². The van der Waals surface area contributed by atoms with Crippen LogP contribution >= 0.6 is 12.2 Å². The van der Waals surface area contributed by atoms with Gasteiger partial charge in [-0.3, -0.25) is 0 Å². The van der Waals surface area contributed by atoms with Crippen LogP contribution < -0.4 is 4.68 Å². The van der Waals surface area contributed by atoms with E-state index >= 15 is 0 Å². The first kappa shape index (κ1) is 6.48. The Labute approximate surface area is 58.9 Å². The maximum atomic E-state index is 4.96. The van der Waals surface area contributed by atoms with Crippen molar-refractivity contribution in [2.24, 2.45) is 14.1 Å². The van der Waals surface area contributed by atoms with Gasteiger partial charge in [0.05, 0.1) is 7.05 Å². The molecule has 9 heavy (non-hydrogen) atoms. The van der Waals surface area contributed by atoms with Crippen molar-refractivity contribution in [2.45, 2.75) is 6.92 Å². The van der Waals surface area contributed by atoms with E-state index in [0.29, 0.717) is 0 Å². The topological polar surface area (TPSA) is 24.6 Å². The second-order valence-corrected chi connectivity index (χ2v) is 2.48. The Kier molecular flexibility index (Phi) is 1.40. The first-order valence-corrected chi connectivity index (χ1v) is 3.15. The van der Waals surface area contributed by atoms with E-state index in [0.717, 1.165) is 10.3 Å². The summed E-state index contributed by atoms with van der Waals surface area (Å²) in [5, 5.41) is 2.97. The molecule has 0 saturated heterocycles. The van der Waals surface area contributed by atoms with Gasteiger partial charge in [-0.1, -0.05) is 4.80 Å². The fraction of sp³-hybridized carbons (Fsp3) is 0.600. The van der Waals surface area contributed by atoms with E-state index in [1.165, 1.54) is 0 Å². The molecule has 0 aliphatic carbocycles. The van der Waals surface area contributed by atoms with Crippen molar-refractivity contribution in [1.82, 2.24) is 9.90 Å². The lowest BCUT2D eigenvalue weighted by atomic mass is 10.5. The average molecular weight is 144 g/mol. The molecule has 0 amide bonds. The van der Waals surface area contributed by atoms with Crippen LogP contribution in [-0.2, 0) is 14.1 Å². The third-order valence-corrected chi connectivity index (χ3v) is 1.91. The molecular formula is C5H10N3S+. The summed E-state index contributed by atoms with van der Waals surface area (Å²) in [5.74, 6) is 0. The number of nitrogens with zero attached hydrogens (tertiary/aromatic N) is 2. The minimum absolute atomic E-state index is 0.806. The molecule has 0 spiro atoms. The SMILES string of the molecule is Cc1c(=S)[nH]n(C)[n+]1C. The number of nitrogens with one attached hydrogen (secondary N) is 1. The van der Waals surface area contributed by atoms with Gasteiger partial charge >= 0.3 is 0 Å². The molecule has 0 bridgehead atoms. The van der Waals surface area contributed by atoms with Crippen molar-refractivity contribution < 1.29 is 4.68 Å². The Morgan fingerprint density at radius 3 is 2.33 bits per heavy atom. The lowest BCUT2D eigenvalue weighted by Crippen LogP contribution is -2.39. The van der Waals surface area contributed by atoms with Crippen molar-refractivity contribution in [1.29, 1.82) is 0 Å².